The molecule has 0 saturated carbocycles. The maximum Gasteiger partial charge on any atom is 0.120 e. The third-order valence-corrected chi connectivity index (χ3v) is 6.55. The summed E-state index contributed by atoms with van der Waals surface area (Å²) >= 11 is 13.1. The summed E-state index contributed by atoms with van der Waals surface area (Å²) in [7, 11) is 0. The molecule has 1 aliphatic heterocycles. The predicted octanol–water partition coefficient (Wildman–Crippen LogP) is 7.40. The molecule has 0 spiro atoms. The van der Waals surface area contributed by atoms with E-state index in [0.717, 1.165) is 29.0 Å². The highest BCUT2D eigenvalue weighted by Gasteiger charge is 2.39. The van der Waals surface area contributed by atoms with Crippen LogP contribution in [0.15, 0.2) is 78.9 Å². The summed E-state index contributed by atoms with van der Waals surface area (Å²) in [6, 6.07) is 22.3. The zero-order valence-corrected chi connectivity index (χ0v) is 17.3. The highest BCUT2D eigenvalue weighted by atomic mass is 35.5. The van der Waals surface area contributed by atoms with Crippen molar-refractivity contribution in [2.24, 2.45) is 5.92 Å². The molecular weight excluding hydrogens is 401 g/mol. The molecule has 146 valence electrons. The molecule has 0 saturated heterocycles. The summed E-state index contributed by atoms with van der Waals surface area (Å²) < 4.78 is 6.06. The van der Waals surface area contributed by atoms with Gasteiger partial charge in [0.15, 0.2) is 0 Å². The molecule has 3 atom stereocenters. The first-order chi connectivity index (χ1) is 14.2. The SMILES string of the molecule is Clc1cccc(Cl)c1C1Nc2ccc(OCc3ccccc3)cc2C2C=CCC21. The number of fused-ring (bicyclic) bond motifs is 3. The fourth-order valence-corrected chi connectivity index (χ4v) is 5.13. The van der Waals surface area contributed by atoms with E-state index in [-0.39, 0.29) is 6.04 Å². The Morgan fingerprint density at radius 1 is 0.931 bits per heavy atom. The van der Waals surface area contributed by atoms with Crippen molar-refractivity contribution in [3.8, 4) is 5.75 Å². The van der Waals surface area contributed by atoms with Crippen LogP contribution in [0.25, 0.3) is 0 Å². The van der Waals surface area contributed by atoms with Crippen molar-refractivity contribution in [3.05, 3.63) is 106 Å². The number of allylic oxidation sites excluding steroid dienone is 2. The van der Waals surface area contributed by atoms with Gasteiger partial charge in [0.25, 0.3) is 0 Å². The van der Waals surface area contributed by atoms with E-state index in [0.29, 0.717) is 28.5 Å². The van der Waals surface area contributed by atoms with E-state index in [1.54, 1.807) is 0 Å². The van der Waals surface area contributed by atoms with Gasteiger partial charge in [-0.1, -0.05) is 71.8 Å². The first-order valence-electron chi connectivity index (χ1n) is 9.88. The van der Waals surface area contributed by atoms with E-state index in [9.17, 15) is 0 Å². The van der Waals surface area contributed by atoms with Crippen LogP contribution in [0.5, 0.6) is 5.75 Å². The molecule has 0 amide bonds. The first-order valence-corrected chi connectivity index (χ1v) is 10.6. The lowest BCUT2D eigenvalue weighted by Gasteiger charge is -2.38. The quantitative estimate of drug-likeness (QED) is 0.443. The average molecular weight is 422 g/mol. The van der Waals surface area contributed by atoms with Gasteiger partial charge in [0.2, 0.25) is 0 Å². The molecule has 3 aromatic rings. The minimum Gasteiger partial charge on any atom is -0.489 e. The van der Waals surface area contributed by atoms with Crippen LogP contribution < -0.4 is 10.1 Å². The summed E-state index contributed by atoms with van der Waals surface area (Å²) in [5.41, 5.74) is 4.54. The van der Waals surface area contributed by atoms with Crippen molar-refractivity contribution in [1.29, 1.82) is 0 Å². The lowest BCUT2D eigenvalue weighted by atomic mass is 9.77. The summed E-state index contributed by atoms with van der Waals surface area (Å²) in [6.45, 7) is 0.564. The van der Waals surface area contributed by atoms with Crippen molar-refractivity contribution in [2.45, 2.75) is 25.0 Å². The molecule has 2 aliphatic rings. The van der Waals surface area contributed by atoms with E-state index in [2.05, 4.69) is 41.7 Å². The van der Waals surface area contributed by atoms with Crippen LogP contribution in [0.4, 0.5) is 5.69 Å². The zero-order chi connectivity index (χ0) is 19.8. The molecule has 1 N–H and O–H groups in total. The highest BCUT2D eigenvalue weighted by molar-refractivity contribution is 6.36. The molecule has 0 fully saturated rings. The molecule has 2 nitrogen and oxygen atoms in total. The second kappa shape index (κ2) is 7.78. The van der Waals surface area contributed by atoms with Crippen molar-refractivity contribution >= 4 is 28.9 Å². The number of benzene rings is 3. The third kappa shape index (κ3) is 3.52. The molecule has 1 aliphatic carbocycles. The van der Waals surface area contributed by atoms with Gasteiger partial charge in [-0.15, -0.1) is 0 Å². The van der Waals surface area contributed by atoms with Crippen LogP contribution in [0, 0.1) is 5.92 Å². The molecule has 4 heteroatoms. The van der Waals surface area contributed by atoms with Crippen molar-refractivity contribution in [3.63, 3.8) is 0 Å². The number of rotatable bonds is 4. The second-order valence-electron chi connectivity index (χ2n) is 7.63. The Kier molecular flexibility index (Phi) is 4.99. The summed E-state index contributed by atoms with van der Waals surface area (Å²) in [5.74, 6) is 1.59. The van der Waals surface area contributed by atoms with Gasteiger partial charge in [-0.05, 0) is 53.8 Å². The highest BCUT2D eigenvalue weighted by Crippen LogP contribution is 2.52. The Bertz CT molecular complexity index is 1040. The molecule has 0 bridgehead atoms. The number of hydrogen-bond donors (Lipinski definition) is 1. The summed E-state index contributed by atoms with van der Waals surface area (Å²) in [6.07, 6.45) is 5.57. The number of halogens is 2. The Morgan fingerprint density at radius 2 is 1.72 bits per heavy atom. The zero-order valence-electron chi connectivity index (χ0n) is 15.8. The van der Waals surface area contributed by atoms with Gasteiger partial charge in [-0.25, -0.2) is 0 Å². The Hall–Kier alpha value is -2.42. The smallest absolute Gasteiger partial charge is 0.120 e. The fraction of sp³-hybridized carbons (Fsp3) is 0.200. The van der Waals surface area contributed by atoms with Gasteiger partial charge in [0.1, 0.15) is 12.4 Å². The molecule has 29 heavy (non-hydrogen) atoms. The number of ether oxygens (including phenoxy) is 1. The van der Waals surface area contributed by atoms with Crippen LogP contribution in [-0.2, 0) is 6.61 Å². The van der Waals surface area contributed by atoms with E-state index < -0.39 is 0 Å². The van der Waals surface area contributed by atoms with Crippen LogP contribution in [0.3, 0.4) is 0 Å². The minimum absolute atomic E-state index is 0.0831. The van der Waals surface area contributed by atoms with E-state index in [1.165, 1.54) is 5.56 Å². The molecule has 5 rings (SSSR count). The largest absolute Gasteiger partial charge is 0.489 e. The molecular formula is C25H21Cl2NO. The van der Waals surface area contributed by atoms with Crippen LogP contribution in [0.1, 0.15) is 35.1 Å². The van der Waals surface area contributed by atoms with Crippen molar-refractivity contribution in [2.75, 3.05) is 5.32 Å². The van der Waals surface area contributed by atoms with E-state index in [4.69, 9.17) is 27.9 Å². The van der Waals surface area contributed by atoms with Gasteiger partial charge in [-0.3, -0.25) is 0 Å². The van der Waals surface area contributed by atoms with Crippen LogP contribution in [0.2, 0.25) is 10.0 Å². The maximum atomic E-state index is 6.54. The Labute approximate surface area is 181 Å². The second-order valence-corrected chi connectivity index (χ2v) is 8.45. The molecule has 0 aromatic heterocycles. The maximum absolute atomic E-state index is 6.54. The predicted molar refractivity (Wildman–Crippen MR) is 120 cm³/mol. The van der Waals surface area contributed by atoms with E-state index >= 15 is 0 Å². The van der Waals surface area contributed by atoms with E-state index in [1.807, 2.05) is 42.5 Å². The Balaban J connectivity index is 1.45. The van der Waals surface area contributed by atoms with Gasteiger partial charge in [0, 0.05) is 27.2 Å². The standard InChI is InChI=1S/C25H21Cl2NO/c26-21-10-5-11-22(27)24(21)25-19-9-4-8-18(19)20-14-17(12-13-23(20)28-25)29-15-16-6-2-1-3-7-16/h1-8,10-14,18-19,25,28H,9,15H2. The van der Waals surface area contributed by atoms with Crippen LogP contribution in [-0.4, -0.2) is 0 Å². The average Bonchev–Trinajstić information content (AvgIpc) is 3.23. The number of hydrogen-bond acceptors (Lipinski definition) is 2. The lowest BCUT2D eigenvalue weighted by Crippen LogP contribution is -2.29. The number of anilines is 1. The summed E-state index contributed by atoms with van der Waals surface area (Å²) in [4.78, 5) is 0. The number of nitrogens with one attached hydrogen (secondary N) is 1. The normalized spacial score (nSPS) is 21.9. The molecule has 3 aromatic carbocycles. The monoisotopic (exact) mass is 421 g/mol. The topological polar surface area (TPSA) is 21.3 Å². The van der Waals surface area contributed by atoms with Crippen molar-refractivity contribution in [1.82, 2.24) is 0 Å². The van der Waals surface area contributed by atoms with Crippen LogP contribution >= 0.6 is 23.2 Å². The minimum atomic E-state index is 0.0831. The lowest BCUT2D eigenvalue weighted by molar-refractivity contribution is 0.305. The van der Waals surface area contributed by atoms with Gasteiger partial charge in [0.05, 0.1) is 6.04 Å². The van der Waals surface area contributed by atoms with Gasteiger partial charge < -0.3 is 10.1 Å². The molecule has 1 heterocycles. The third-order valence-electron chi connectivity index (χ3n) is 5.89. The molecule has 3 unspecified atom stereocenters. The molecule has 0 radical (unpaired) electrons. The van der Waals surface area contributed by atoms with Crippen molar-refractivity contribution < 1.29 is 4.74 Å². The fourth-order valence-electron chi connectivity index (χ4n) is 4.50. The summed E-state index contributed by atoms with van der Waals surface area (Å²) in [5, 5.41) is 5.13. The first kappa shape index (κ1) is 18.6. The van der Waals surface area contributed by atoms with Gasteiger partial charge >= 0.3 is 0 Å². The van der Waals surface area contributed by atoms with Gasteiger partial charge in [-0.2, -0.15) is 0 Å². The Morgan fingerprint density at radius 3 is 2.52 bits per heavy atom.